The predicted molar refractivity (Wildman–Crippen MR) is 180 cm³/mol. The molecular formula is C38H42N2O6. The molecule has 1 fully saturated rings. The second-order valence-corrected chi connectivity index (χ2v) is 13.4. The molecule has 240 valence electrons. The standard InChI is InChI=1S/C38H42N2O6/c1-23(2)28-16-17-38(7,30-20-26(5)37(27(6)21-30)46-34-14-10-32(11-15-34)40(43)44)35(22-28)29-18-24(3)36(25(4)19-29)45-33-12-8-31(9-13-33)39(41)42/h8-15,18-21,23,28,35H,16-17,22H2,1-7H3. The third kappa shape index (κ3) is 6.62. The van der Waals surface area contributed by atoms with Gasteiger partial charge in [0.05, 0.1) is 9.85 Å². The first-order valence-electron chi connectivity index (χ1n) is 15.8. The summed E-state index contributed by atoms with van der Waals surface area (Å²) in [5.74, 6) is 4.14. The Kier molecular flexibility index (Phi) is 9.20. The van der Waals surface area contributed by atoms with Crippen molar-refractivity contribution in [2.24, 2.45) is 11.8 Å². The van der Waals surface area contributed by atoms with Crippen molar-refractivity contribution in [1.29, 1.82) is 0 Å². The lowest BCUT2D eigenvalue weighted by atomic mass is 9.57. The van der Waals surface area contributed by atoms with Gasteiger partial charge in [-0.2, -0.15) is 0 Å². The van der Waals surface area contributed by atoms with Crippen molar-refractivity contribution in [1.82, 2.24) is 0 Å². The topological polar surface area (TPSA) is 105 Å². The minimum absolute atomic E-state index is 0.0310. The summed E-state index contributed by atoms with van der Waals surface area (Å²) in [6, 6.07) is 21.4. The van der Waals surface area contributed by atoms with E-state index in [1.807, 2.05) is 0 Å². The van der Waals surface area contributed by atoms with Gasteiger partial charge in [-0.05, 0) is 128 Å². The van der Waals surface area contributed by atoms with Gasteiger partial charge >= 0.3 is 0 Å². The van der Waals surface area contributed by atoms with Gasteiger partial charge in [0.1, 0.15) is 23.0 Å². The zero-order valence-electron chi connectivity index (χ0n) is 27.6. The summed E-state index contributed by atoms with van der Waals surface area (Å²) in [6.07, 6.45) is 3.29. The number of hydrogen-bond acceptors (Lipinski definition) is 6. The van der Waals surface area contributed by atoms with Crippen LogP contribution in [0.2, 0.25) is 0 Å². The Morgan fingerprint density at radius 3 is 1.52 bits per heavy atom. The first-order chi connectivity index (χ1) is 21.8. The number of aryl methyl sites for hydroxylation is 4. The molecule has 0 heterocycles. The van der Waals surface area contributed by atoms with Crippen molar-refractivity contribution in [3.8, 4) is 23.0 Å². The van der Waals surface area contributed by atoms with E-state index in [4.69, 9.17) is 9.47 Å². The van der Waals surface area contributed by atoms with Crippen molar-refractivity contribution >= 4 is 11.4 Å². The van der Waals surface area contributed by atoms with Crippen LogP contribution in [0, 0.1) is 59.8 Å². The molecule has 4 aromatic carbocycles. The second-order valence-electron chi connectivity index (χ2n) is 13.4. The van der Waals surface area contributed by atoms with E-state index in [0.717, 1.165) is 53.0 Å². The summed E-state index contributed by atoms with van der Waals surface area (Å²) in [7, 11) is 0. The second kappa shape index (κ2) is 12.9. The number of benzene rings is 4. The zero-order chi connectivity index (χ0) is 33.3. The Morgan fingerprint density at radius 2 is 1.13 bits per heavy atom. The van der Waals surface area contributed by atoms with Gasteiger partial charge in [-0.25, -0.2) is 0 Å². The molecule has 5 rings (SSSR count). The smallest absolute Gasteiger partial charge is 0.269 e. The Bertz CT molecular complexity index is 1720. The van der Waals surface area contributed by atoms with Crippen molar-refractivity contribution in [3.63, 3.8) is 0 Å². The molecule has 8 nitrogen and oxygen atoms in total. The lowest BCUT2D eigenvalue weighted by molar-refractivity contribution is -0.385. The Morgan fingerprint density at radius 1 is 0.717 bits per heavy atom. The Hall–Kier alpha value is -4.72. The molecule has 1 aliphatic rings. The van der Waals surface area contributed by atoms with E-state index in [-0.39, 0.29) is 22.7 Å². The monoisotopic (exact) mass is 622 g/mol. The highest BCUT2D eigenvalue weighted by molar-refractivity contribution is 5.52. The number of hydrogen-bond donors (Lipinski definition) is 0. The fourth-order valence-corrected chi connectivity index (χ4v) is 7.09. The highest BCUT2D eigenvalue weighted by Gasteiger charge is 2.43. The van der Waals surface area contributed by atoms with E-state index < -0.39 is 9.85 Å². The largest absolute Gasteiger partial charge is 0.457 e. The van der Waals surface area contributed by atoms with Crippen molar-refractivity contribution in [3.05, 3.63) is 126 Å². The Labute approximate surface area is 270 Å². The van der Waals surface area contributed by atoms with Gasteiger partial charge in [0.25, 0.3) is 11.4 Å². The predicted octanol–water partition coefficient (Wildman–Crippen LogP) is 10.8. The lowest BCUT2D eigenvalue weighted by Crippen LogP contribution is -2.38. The molecule has 1 saturated carbocycles. The van der Waals surface area contributed by atoms with Crippen LogP contribution < -0.4 is 9.47 Å². The SMILES string of the molecule is Cc1cc(C2CC(C(C)C)CCC2(C)c2cc(C)c(Oc3ccc([N+](=O)[O-])cc3)c(C)c2)cc(C)c1Oc1ccc([N+](=O)[O-])cc1. The average molecular weight is 623 g/mol. The molecule has 4 aromatic rings. The molecule has 46 heavy (non-hydrogen) atoms. The van der Waals surface area contributed by atoms with Crippen LogP contribution in [0.15, 0.2) is 72.8 Å². The first kappa shape index (κ1) is 32.7. The quantitative estimate of drug-likeness (QED) is 0.136. The first-order valence-corrected chi connectivity index (χ1v) is 15.8. The minimum atomic E-state index is -0.414. The van der Waals surface area contributed by atoms with Gasteiger partial charge in [0.15, 0.2) is 0 Å². The fourth-order valence-electron chi connectivity index (χ4n) is 7.09. The van der Waals surface area contributed by atoms with Crippen LogP contribution in [0.5, 0.6) is 23.0 Å². The molecule has 0 amide bonds. The summed E-state index contributed by atoms with van der Waals surface area (Å²) in [5, 5.41) is 22.2. The highest BCUT2D eigenvalue weighted by Crippen LogP contribution is 2.53. The van der Waals surface area contributed by atoms with E-state index in [9.17, 15) is 20.2 Å². The molecule has 0 aromatic heterocycles. The normalized spacial score (nSPS) is 19.6. The number of non-ortho nitro benzene ring substituents is 2. The van der Waals surface area contributed by atoms with Gasteiger partial charge < -0.3 is 9.47 Å². The van der Waals surface area contributed by atoms with Crippen LogP contribution in [0.4, 0.5) is 11.4 Å². The fraction of sp³-hybridized carbons (Fsp3) is 0.368. The summed E-state index contributed by atoms with van der Waals surface area (Å²) in [6.45, 7) is 15.3. The molecule has 0 bridgehead atoms. The van der Waals surface area contributed by atoms with Crippen LogP contribution in [0.3, 0.4) is 0 Å². The molecule has 0 aliphatic heterocycles. The lowest BCUT2D eigenvalue weighted by Gasteiger charge is -2.47. The van der Waals surface area contributed by atoms with Gasteiger partial charge in [0, 0.05) is 24.3 Å². The molecule has 0 N–H and O–H groups in total. The summed E-state index contributed by atoms with van der Waals surface area (Å²) in [4.78, 5) is 21.3. The summed E-state index contributed by atoms with van der Waals surface area (Å²) < 4.78 is 12.5. The number of nitro benzene ring substituents is 2. The molecule has 0 spiro atoms. The maximum atomic E-state index is 11.1. The zero-order valence-corrected chi connectivity index (χ0v) is 27.6. The number of nitrogens with zero attached hydrogens (tertiary/aromatic N) is 2. The van der Waals surface area contributed by atoms with Crippen LogP contribution >= 0.6 is 0 Å². The van der Waals surface area contributed by atoms with E-state index >= 15 is 0 Å². The highest BCUT2D eigenvalue weighted by atomic mass is 16.6. The van der Waals surface area contributed by atoms with E-state index in [0.29, 0.717) is 23.3 Å². The summed E-state index contributed by atoms with van der Waals surface area (Å²) >= 11 is 0. The maximum absolute atomic E-state index is 11.1. The number of rotatable bonds is 9. The van der Waals surface area contributed by atoms with Crippen molar-refractivity contribution < 1.29 is 19.3 Å². The van der Waals surface area contributed by atoms with Gasteiger partial charge in [-0.1, -0.05) is 45.0 Å². The van der Waals surface area contributed by atoms with Crippen molar-refractivity contribution in [2.45, 2.75) is 79.1 Å². The molecule has 8 heteroatoms. The van der Waals surface area contributed by atoms with Crippen molar-refractivity contribution in [2.75, 3.05) is 0 Å². The minimum Gasteiger partial charge on any atom is -0.457 e. The van der Waals surface area contributed by atoms with E-state index in [1.165, 1.54) is 35.4 Å². The van der Waals surface area contributed by atoms with Crippen LogP contribution in [-0.4, -0.2) is 9.85 Å². The van der Waals surface area contributed by atoms with E-state index in [1.54, 1.807) is 24.3 Å². The van der Waals surface area contributed by atoms with Gasteiger partial charge in [-0.15, -0.1) is 0 Å². The van der Waals surface area contributed by atoms with E-state index in [2.05, 4.69) is 72.7 Å². The van der Waals surface area contributed by atoms with Crippen LogP contribution in [0.1, 0.15) is 79.3 Å². The Balaban J connectivity index is 1.48. The molecule has 0 radical (unpaired) electrons. The third-order valence-corrected chi connectivity index (χ3v) is 9.82. The van der Waals surface area contributed by atoms with Crippen LogP contribution in [-0.2, 0) is 5.41 Å². The maximum Gasteiger partial charge on any atom is 0.269 e. The number of ether oxygens (including phenoxy) is 2. The van der Waals surface area contributed by atoms with Gasteiger partial charge in [0.2, 0.25) is 0 Å². The average Bonchev–Trinajstić information content (AvgIpc) is 3.01. The molecular weight excluding hydrogens is 580 g/mol. The summed E-state index contributed by atoms with van der Waals surface area (Å²) in [5.41, 5.74) is 6.63. The number of nitro groups is 2. The third-order valence-electron chi connectivity index (χ3n) is 9.82. The molecule has 3 atom stereocenters. The van der Waals surface area contributed by atoms with Gasteiger partial charge in [-0.3, -0.25) is 20.2 Å². The molecule has 0 saturated heterocycles. The van der Waals surface area contributed by atoms with Crippen LogP contribution in [0.25, 0.3) is 0 Å². The molecule has 1 aliphatic carbocycles. The molecule has 3 unspecified atom stereocenters.